The number of hydrogen-bond acceptors (Lipinski definition) is 3. The first-order chi connectivity index (χ1) is 5.33. The maximum atomic E-state index is 10.7. The molecule has 1 radical (unpaired) electrons. The molecule has 63 valence electrons. The number of hydrazine groups is 1. The fraction of sp³-hybridized carbons (Fsp3) is 0.667. The molecule has 0 aromatic rings. The molecule has 1 fully saturated rings. The molecule has 11 heavy (non-hydrogen) atoms. The summed E-state index contributed by atoms with van der Waals surface area (Å²) < 4.78 is 5.08. The van der Waals surface area contributed by atoms with Gasteiger partial charge in [-0.15, -0.1) is 11.6 Å². The minimum Gasteiger partial charge on any atom is -0.379 e. The van der Waals surface area contributed by atoms with Gasteiger partial charge in [-0.25, -0.2) is 5.01 Å². The SMILES string of the molecule is O=C([CH]Cl)NN1CCOCC1. The standard InChI is InChI=1S/C6H10ClN2O2/c7-5-6(10)8-9-1-3-11-4-2-9/h5H,1-4H2,(H,8,10). The summed E-state index contributed by atoms with van der Waals surface area (Å²) in [5, 5.41) is 1.78. The van der Waals surface area contributed by atoms with Crippen molar-refractivity contribution in [2.24, 2.45) is 0 Å². The summed E-state index contributed by atoms with van der Waals surface area (Å²) in [6.45, 7) is 2.75. The van der Waals surface area contributed by atoms with Crippen LogP contribution in [0.25, 0.3) is 0 Å². The molecule has 0 bridgehead atoms. The molecule has 0 unspecified atom stereocenters. The number of amides is 1. The number of nitrogens with zero attached hydrogens (tertiary/aromatic N) is 1. The number of nitrogens with one attached hydrogen (secondary N) is 1. The fourth-order valence-corrected chi connectivity index (χ4v) is 0.904. The molecule has 0 saturated carbocycles. The van der Waals surface area contributed by atoms with Gasteiger partial charge >= 0.3 is 0 Å². The zero-order chi connectivity index (χ0) is 8.10. The number of ether oxygens (including phenoxy) is 1. The van der Waals surface area contributed by atoms with Gasteiger partial charge in [-0.3, -0.25) is 10.2 Å². The number of halogens is 1. The monoisotopic (exact) mass is 177 g/mol. The van der Waals surface area contributed by atoms with Crippen LogP contribution in [0.15, 0.2) is 0 Å². The summed E-state index contributed by atoms with van der Waals surface area (Å²) in [7, 11) is 0. The van der Waals surface area contributed by atoms with E-state index in [9.17, 15) is 4.79 Å². The highest BCUT2D eigenvalue weighted by atomic mass is 35.5. The third-order valence-corrected chi connectivity index (χ3v) is 1.58. The molecule has 4 nitrogen and oxygen atoms in total. The zero-order valence-electron chi connectivity index (χ0n) is 6.05. The molecule has 1 saturated heterocycles. The van der Waals surface area contributed by atoms with Gasteiger partial charge < -0.3 is 4.74 Å². The number of rotatable bonds is 2. The Morgan fingerprint density at radius 1 is 1.55 bits per heavy atom. The van der Waals surface area contributed by atoms with Crippen molar-refractivity contribution in [1.82, 2.24) is 10.4 Å². The normalized spacial score (nSPS) is 19.7. The van der Waals surface area contributed by atoms with E-state index in [1.807, 2.05) is 0 Å². The summed E-state index contributed by atoms with van der Waals surface area (Å²) in [6, 6.07) is 0. The van der Waals surface area contributed by atoms with Crippen LogP contribution in [0.5, 0.6) is 0 Å². The maximum absolute atomic E-state index is 10.7. The predicted octanol–water partition coefficient (Wildman–Crippen LogP) is -0.250. The van der Waals surface area contributed by atoms with Crippen LogP contribution in [0.1, 0.15) is 0 Å². The van der Waals surface area contributed by atoms with Gasteiger partial charge in [0.15, 0.2) is 0 Å². The summed E-state index contributed by atoms with van der Waals surface area (Å²) in [5.74, 6) is 0.698. The molecule has 0 aliphatic carbocycles. The zero-order valence-corrected chi connectivity index (χ0v) is 6.80. The lowest BCUT2D eigenvalue weighted by molar-refractivity contribution is -0.123. The summed E-state index contributed by atoms with van der Waals surface area (Å²) in [5.41, 5.74) is 2.60. The Morgan fingerprint density at radius 2 is 2.18 bits per heavy atom. The smallest absolute Gasteiger partial charge is 0.254 e. The maximum Gasteiger partial charge on any atom is 0.254 e. The molecule has 1 N–H and O–H groups in total. The van der Waals surface area contributed by atoms with Crippen LogP contribution in [0, 0.1) is 5.88 Å². The van der Waals surface area contributed by atoms with Crippen molar-refractivity contribution >= 4 is 17.5 Å². The topological polar surface area (TPSA) is 41.6 Å². The molecule has 1 heterocycles. The number of carbonyl (C=O) groups excluding carboxylic acids is 1. The Morgan fingerprint density at radius 3 is 2.73 bits per heavy atom. The van der Waals surface area contributed by atoms with Crippen LogP contribution in [0.4, 0.5) is 0 Å². The molecule has 0 spiro atoms. The summed E-state index contributed by atoms with van der Waals surface area (Å²) in [6.07, 6.45) is 0. The Balaban J connectivity index is 2.19. The highest BCUT2D eigenvalue weighted by Gasteiger charge is 2.11. The second kappa shape index (κ2) is 4.54. The Kier molecular flexibility index (Phi) is 3.62. The lowest BCUT2D eigenvalue weighted by Gasteiger charge is -2.26. The van der Waals surface area contributed by atoms with E-state index >= 15 is 0 Å². The van der Waals surface area contributed by atoms with Gasteiger partial charge in [0, 0.05) is 13.1 Å². The largest absolute Gasteiger partial charge is 0.379 e. The third-order valence-electron chi connectivity index (χ3n) is 1.38. The molecule has 1 amide bonds. The van der Waals surface area contributed by atoms with Crippen LogP contribution in [0.3, 0.4) is 0 Å². The van der Waals surface area contributed by atoms with E-state index in [0.717, 1.165) is 19.0 Å². The van der Waals surface area contributed by atoms with Crippen molar-refractivity contribution in [2.75, 3.05) is 26.3 Å². The van der Waals surface area contributed by atoms with Gasteiger partial charge in [-0.05, 0) is 0 Å². The van der Waals surface area contributed by atoms with E-state index in [1.165, 1.54) is 0 Å². The molecule has 1 aliphatic heterocycles. The molecule has 0 aromatic carbocycles. The van der Waals surface area contributed by atoms with Crippen molar-refractivity contribution in [2.45, 2.75) is 0 Å². The van der Waals surface area contributed by atoms with Gasteiger partial charge in [-0.2, -0.15) is 0 Å². The molecule has 0 aromatic heterocycles. The lowest BCUT2D eigenvalue weighted by Crippen LogP contribution is -2.48. The van der Waals surface area contributed by atoms with Gasteiger partial charge in [-0.1, -0.05) is 0 Å². The second-order valence-electron chi connectivity index (χ2n) is 2.18. The average molecular weight is 178 g/mol. The van der Waals surface area contributed by atoms with Crippen molar-refractivity contribution in [3.8, 4) is 0 Å². The molecular formula is C6H10ClN2O2. The van der Waals surface area contributed by atoms with E-state index in [1.54, 1.807) is 5.01 Å². The van der Waals surface area contributed by atoms with Crippen molar-refractivity contribution in [3.05, 3.63) is 5.88 Å². The third kappa shape index (κ3) is 3.05. The first kappa shape index (κ1) is 8.77. The molecule has 5 heteroatoms. The number of morpholine rings is 1. The fourth-order valence-electron chi connectivity index (χ4n) is 0.855. The quantitative estimate of drug-likeness (QED) is 0.633. The average Bonchev–Trinajstić information content (AvgIpc) is 2.06. The van der Waals surface area contributed by atoms with Gasteiger partial charge in [0.2, 0.25) is 0 Å². The van der Waals surface area contributed by atoms with E-state index in [0.29, 0.717) is 13.2 Å². The van der Waals surface area contributed by atoms with Crippen molar-refractivity contribution < 1.29 is 9.53 Å². The minimum absolute atomic E-state index is 0.284. The van der Waals surface area contributed by atoms with Crippen LogP contribution < -0.4 is 5.43 Å². The van der Waals surface area contributed by atoms with Crippen LogP contribution in [0.2, 0.25) is 0 Å². The highest BCUT2D eigenvalue weighted by Crippen LogP contribution is 1.93. The minimum atomic E-state index is -0.284. The molecule has 1 rings (SSSR count). The molecule has 0 atom stereocenters. The van der Waals surface area contributed by atoms with Crippen LogP contribution in [-0.2, 0) is 9.53 Å². The van der Waals surface area contributed by atoms with Gasteiger partial charge in [0.05, 0.1) is 13.2 Å². The predicted molar refractivity (Wildman–Crippen MR) is 40.7 cm³/mol. The highest BCUT2D eigenvalue weighted by molar-refractivity contribution is 6.33. The van der Waals surface area contributed by atoms with E-state index in [4.69, 9.17) is 16.3 Å². The summed E-state index contributed by atoms with van der Waals surface area (Å²) in [4.78, 5) is 10.7. The first-order valence-corrected chi connectivity index (χ1v) is 3.83. The van der Waals surface area contributed by atoms with Crippen molar-refractivity contribution in [3.63, 3.8) is 0 Å². The first-order valence-electron chi connectivity index (χ1n) is 3.39. The van der Waals surface area contributed by atoms with Crippen LogP contribution in [-0.4, -0.2) is 37.2 Å². The van der Waals surface area contributed by atoms with E-state index in [-0.39, 0.29) is 5.91 Å². The Hall–Kier alpha value is -0.320. The van der Waals surface area contributed by atoms with Gasteiger partial charge in [0.1, 0.15) is 5.88 Å². The Labute approximate surface area is 70.4 Å². The van der Waals surface area contributed by atoms with E-state index in [2.05, 4.69) is 5.43 Å². The second-order valence-corrected chi connectivity index (χ2v) is 2.40. The van der Waals surface area contributed by atoms with Crippen LogP contribution >= 0.6 is 11.6 Å². The number of carbonyl (C=O) groups is 1. The van der Waals surface area contributed by atoms with Crippen molar-refractivity contribution in [1.29, 1.82) is 0 Å². The summed E-state index contributed by atoms with van der Waals surface area (Å²) >= 11 is 5.18. The molecular weight excluding hydrogens is 168 g/mol. The molecule has 1 aliphatic rings. The lowest BCUT2D eigenvalue weighted by atomic mass is 10.5. The number of hydrogen-bond donors (Lipinski definition) is 1. The van der Waals surface area contributed by atoms with Gasteiger partial charge in [0.25, 0.3) is 5.91 Å². The Bertz CT molecular complexity index is 137. The van der Waals surface area contributed by atoms with E-state index < -0.39 is 0 Å².